The quantitative estimate of drug-likeness (QED) is 0.343. The van der Waals surface area contributed by atoms with Gasteiger partial charge in [0.15, 0.2) is 0 Å². The molecule has 1 amide bonds. The lowest BCUT2D eigenvalue weighted by atomic mass is 9.63. The van der Waals surface area contributed by atoms with Crippen molar-refractivity contribution in [3.63, 3.8) is 0 Å². The highest BCUT2D eigenvalue weighted by atomic mass is 35.5. The van der Waals surface area contributed by atoms with Crippen LogP contribution in [0.1, 0.15) is 50.7 Å². The molecule has 228 valence electrons. The van der Waals surface area contributed by atoms with Crippen molar-refractivity contribution in [3.8, 4) is 5.75 Å². The predicted molar refractivity (Wildman–Crippen MR) is 172 cm³/mol. The first kappa shape index (κ1) is 30.6. The number of hydrogen-bond acceptors (Lipinski definition) is 7. The van der Waals surface area contributed by atoms with E-state index in [9.17, 15) is 18.3 Å². The number of carbonyl (C=O) groups is 1. The van der Waals surface area contributed by atoms with E-state index in [0.29, 0.717) is 36.2 Å². The number of carbonyl (C=O) groups excluding carboxylic acids is 1. The summed E-state index contributed by atoms with van der Waals surface area (Å²) >= 11 is 6.38. The fraction of sp³-hybridized carbons (Fsp3) is 0.516. The Morgan fingerprint density at radius 2 is 1.93 bits per heavy atom. The number of nitrogens with zero attached hydrogens (tertiary/aromatic N) is 1. The van der Waals surface area contributed by atoms with E-state index >= 15 is 0 Å². The number of aliphatic hydroxyl groups excluding tert-OH is 1. The van der Waals surface area contributed by atoms with E-state index in [0.717, 1.165) is 32.1 Å². The topological polar surface area (TPSA) is 105 Å². The third kappa shape index (κ3) is 5.86. The number of fused-ring (bicyclic) bond motifs is 4. The summed E-state index contributed by atoms with van der Waals surface area (Å²) in [4.78, 5) is 15.5. The molecule has 2 aliphatic carbocycles. The number of rotatable bonds is 0. The van der Waals surface area contributed by atoms with E-state index < -0.39 is 33.0 Å². The lowest BCUT2D eigenvalue weighted by Gasteiger charge is -2.45. The number of aryl methyl sites for hydroxylation is 1. The van der Waals surface area contributed by atoms with Crippen LogP contribution in [0.3, 0.4) is 0 Å². The second-order valence-corrected chi connectivity index (χ2v) is 15.9. The molecule has 4 aliphatic rings. The van der Waals surface area contributed by atoms with Gasteiger partial charge in [-0.2, -0.15) is 0 Å². The number of ether oxygens (including phenoxy) is 2. The second kappa shape index (κ2) is 10.9. The van der Waals surface area contributed by atoms with Crippen LogP contribution in [0.5, 0.6) is 5.75 Å². The van der Waals surface area contributed by atoms with Crippen LogP contribution in [-0.4, -0.2) is 71.9 Å². The highest BCUT2D eigenvalue weighted by Crippen LogP contribution is 2.47. The van der Waals surface area contributed by atoms with Gasteiger partial charge in [0, 0.05) is 28.9 Å². The summed E-state index contributed by atoms with van der Waals surface area (Å²) in [6.45, 7) is 4.80. The Bertz CT molecular complexity index is 1580. The van der Waals surface area contributed by atoms with Crippen LogP contribution in [0.2, 0.25) is 5.02 Å². The van der Waals surface area contributed by atoms with Gasteiger partial charge in [-0.15, -0.1) is 0 Å². The Kier molecular flexibility index (Phi) is 7.72. The molecule has 1 spiro atoms. The number of benzene rings is 2. The summed E-state index contributed by atoms with van der Waals surface area (Å²) < 4.78 is 42.0. The van der Waals surface area contributed by atoms with Gasteiger partial charge in [0.25, 0.3) is 15.9 Å². The Balaban J connectivity index is 1.45. The molecule has 0 aromatic heterocycles. The highest BCUT2D eigenvalue weighted by Gasteiger charge is 2.45. The van der Waals surface area contributed by atoms with Gasteiger partial charge >= 0.3 is 0 Å². The number of anilines is 1. The maximum atomic E-state index is 13.6. The Morgan fingerprint density at radius 3 is 2.67 bits per heavy atom. The van der Waals surface area contributed by atoms with Crippen LogP contribution < -0.4 is 14.4 Å². The molecule has 0 saturated heterocycles. The molecule has 2 heterocycles. The van der Waals surface area contributed by atoms with E-state index in [4.69, 9.17) is 21.1 Å². The molecule has 12 heteroatoms. The van der Waals surface area contributed by atoms with E-state index in [-0.39, 0.29) is 22.1 Å². The lowest BCUT2D eigenvalue weighted by Crippen LogP contribution is -2.52. The summed E-state index contributed by atoms with van der Waals surface area (Å²) in [5.41, 5.74) is 1.35. The van der Waals surface area contributed by atoms with Gasteiger partial charge in [0.1, 0.15) is 27.0 Å². The normalized spacial score (nSPS) is 31.8. The summed E-state index contributed by atoms with van der Waals surface area (Å²) in [6, 6.07) is 10.9. The van der Waals surface area contributed by atoms with Crippen molar-refractivity contribution in [2.75, 3.05) is 24.6 Å². The van der Waals surface area contributed by atoms with E-state index in [1.807, 2.05) is 6.07 Å². The summed E-state index contributed by atoms with van der Waals surface area (Å²) in [7, 11) is -0.641. The minimum absolute atomic E-state index is 0.0211. The zero-order valence-corrected chi connectivity index (χ0v) is 26.8. The van der Waals surface area contributed by atoms with Gasteiger partial charge in [0.05, 0.1) is 23.3 Å². The lowest BCUT2D eigenvalue weighted by molar-refractivity contribution is -0.143. The Morgan fingerprint density at radius 1 is 1.14 bits per heavy atom. The monoisotopic (exact) mass is 624 g/mol. The summed E-state index contributed by atoms with van der Waals surface area (Å²) in [6.07, 6.45) is 7.58. The summed E-state index contributed by atoms with van der Waals surface area (Å²) in [5.74, 6) is 0.0692. The average molecular weight is 625 g/mol. The van der Waals surface area contributed by atoms with Crippen molar-refractivity contribution >= 4 is 48.9 Å². The van der Waals surface area contributed by atoms with Crippen LogP contribution in [0, 0.1) is 11.8 Å². The minimum atomic E-state index is -4.22. The zero-order valence-electron chi connectivity index (χ0n) is 25.2. The second-order valence-electron chi connectivity index (χ2n) is 13.7. The molecule has 2 aliphatic heterocycles. The van der Waals surface area contributed by atoms with Gasteiger partial charge in [-0.05, 0) is 99.2 Å². The minimum Gasteiger partial charge on any atom is -0.490 e. The molecule has 2 aromatic rings. The number of halogens is 1. The summed E-state index contributed by atoms with van der Waals surface area (Å²) in [5, 5.41) is 11.0. The largest absolute Gasteiger partial charge is 0.490 e. The predicted octanol–water partition coefficient (Wildman–Crippen LogP) is 2.29. The standard InChI is InChI=1S/C31H39B2ClN2O6S/c1-29(2)28(38)35-43(39,40)22-7-10-27-25(15-22)36(16-20-5-8-23(20)26(37)11-13-31(32,33)42-29)17-30(18-41-27)12-3-4-19-14-21(34)6-9-24(19)30/h6-7,9-11,13-15,20,23,26,37H,3-5,8,12,16-18,32-33H2,1-2H3,(H,35,38)/b13-11+/t20-,23+,26-,30-/m0/s1. The van der Waals surface area contributed by atoms with Crippen molar-refractivity contribution in [2.24, 2.45) is 11.8 Å². The molecule has 2 N–H and O–H groups in total. The number of nitrogens with one attached hydrogen (secondary N) is 1. The molecule has 1 saturated carbocycles. The van der Waals surface area contributed by atoms with E-state index in [1.165, 1.54) is 31.0 Å². The molecule has 0 unspecified atom stereocenters. The SMILES string of the molecule is BC1(B)/C=C/[C@H](O)[C@@H]2CC[C@H]2CN2C[C@@]3(CCCc4cc(Cl)ccc43)COc3ccc(cc32)S(=O)(=O)NC(=O)C(C)(C)O1. The first-order valence-electron chi connectivity index (χ1n) is 15.1. The highest BCUT2D eigenvalue weighted by molar-refractivity contribution is 7.90. The zero-order chi connectivity index (χ0) is 30.8. The molecular weight excluding hydrogens is 585 g/mol. The van der Waals surface area contributed by atoms with Gasteiger partial charge in [-0.3, -0.25) is 4.79 Å². The molecule has 2 aromatic carbocycles. The fourth-order valence-corrected chi connectivity index (χ4v) is 8.65. The van der Waals surface area contributed by atoms with Crippen LogP contribution >= 0.6 is 11.6 Å². The molecule has 43 heavy (non-hydrogen) atoms. The van der Waals surface area contributed by atoms with Crippen LogP contribution in [-0.2, 0) is 31.4 Å². The van der Waals surface area contributed by atoms with Gasteiger partial charge < -0.3 is 19.5 Å². The number of hydrogen-bond donors (Lipinski definition) is 2. The average Bonchev–Trinajstić information content (AvgIpc) is 3.06. The molecule has 4 atom stereocenters. The molecular formula is C31H39B2ClN2O6S. The van der Waals surface area contributed by atoms with Gasteiger partial charge in [0.2, 0.25) is 0 Å². The van der Waals surface area contributed by atoms with Crippen LogP contribution in [0.15, 0.2) is 53.4 Å². The van der Waals surface area contributed by atoms with Crippen LogP contribution in [0.4, 0.5) is 5.69 Å². The number of aliphatic hydroxyl groups is 1. The first-order chi connectivity index (χ1) is 20.2. The maximum Gasteiger partial charge on any atom is 0.265 e. The number of sulfonamides is 1. The van der Waals surface area contributed by atoms with E-state index in [2.05, 4.69) is 21.8 Å². The first-order valence-corrected chi connectivity index (χ1v) is 17.0. The van der Waals surface area contributed by atoms with Gasteiger partial charge in [-0.1, -0.05) is 29.8 Å². The van der Waals surface area contributed by atoms with Gasteiger partial charge in [-0.25, -0.2) is 13.1 Å². The smallest absolute Gasteiger partial charge is 0.265 e. The van der Waals surface area contributed by atoms with Crippen molar-refractivity contribution in [1.82, 2.24) is 4.72 Å². The number of amides is 1. The molecule has 0 radical (unpaired) electrons. The third-order valence-corrected chi connectivity index (χ3v) is 11.2. The molecule has 6 rings (SSSR count). The fourth-order valence-electron chi connectivity index (χ4n) is 7.33. The van der Waals surface area contributed by atoms with Crippen molar-refractivity contribution in [3.05, 3.63) is 64.7 Å². The Labute approximate surface area is 261 Å². The Hall–Kier alpha value is -2.46. The van der Waals surface area contributed by atoms with Crippen molar-refractivity contribution in [2.45, 2.75) is 73.4 Å². The molecule has 8 nitrogen and oxygen atoms in total. The molecule has 1 fully saturated rings. The van der Waals surface area contributed by atoms with Crippen LogP contribution in [0.25, 0.3) is 0 Å². The molecule has 2 bridgehead atoms. The maximum absolute atomic E-state index is 13.6. The third-order valence-electron chi connectivity index (χ3n) is 9.68. The van der Waals surface area contributed by atoms with E-state index in [1.54, 1.807) is 40.0 Å². The van der Waals surface area contributed by atoms with Crippen molar-refractivity contribution < 1.29 is 27.8 Å². The van der Waals surface area contributed by atoms with Crippen molar-refractivity contribution in [1.29, 1.82) is 0 Å².